The Morgan fingerprint density at radius 1 is 1.11 bits per heavy atom. The number of nitrogens with zero attached hydrogens (tertiary/aromatic N) is 1. The molecule has 1 aliphatic rings. The summed E-state index contributed by atoms with van der Waals surface area (Å²) in [5, 5.41) is 9.93. The number of sulfonamides is 1. The van der Waals surface area contributed by atoms with Crippen LogP contribution in [0.15, 0.2) is 47.4 Å². The van der Waals surface area contributed by atoms with Gasteiger partial charge in [-0.05, 0) is 36.4 Å². The van der Waals surface area contributed by atoms with Gasteiger partial charge in [0.1, 0.15) is 34.7 Å². The number of aromatic hydroxyl groups is 1. The number of phenolic OH excluding ortho intramolecular Hbond substituents is 1. The van der Waals surface area contributed by atoms with Crippen LogP contribution in [0.5, 0.6) is 11.5 Å². The van der Waals surface area contributed by atoms with Crippen LogP contribution in [0.3, 0.4) is 0 Å². The van der Waals surface area contributed by atoms with Crippen LogP contribution in [0.1, 0.15) is 10.4 Å². The number of carbonyl (C=O) groups excluding carboxylic acids is 1. The molecule has 1 amide bonds. The minimum Gasteiger partial charge on any atom is -0.505 e. The van der Waals surface area contributed by atoms with E-state index in [1.54, 1.807) is 0 Å². The lowest BCUT2D eigenvalue weighted by molar-refractivity contribution is 0.0665. The average Bonchev–Trinajstić information content (AvgIpc) is 2.84. The second-order valence-electron chi connectivity index (χ2n) is 8.00. The molecule has 3 aromatic rings. The molecule has 4 bridgehead atoms. The van der Waals surface area contributed by atoms with Crippen LogP contribution < -0.4 is 9.46 Å². The maximum absolute atomic E-state index is 14.8. The van der Waals surface area contributed by atoms with Crippen molar-refractivity contribution in [3.63, 3.8) is 0 Å². The minimum absolute atomic E-state index is 0.0102. The highest BCUT2D eigenvalue weighted by Gasteiger charge is 2.28. The predicted molar refractivity (Wildman–Crippen MR) is 129 cm³/mol. The molecule has 0 spiro atoms. The van der Waals surface area contributed by atoms with Gasteiger partial charge in [-0.15, -0.1) is 0 Å². The summed E-state index contributed by atoms with van der Waals surface area (Å²) in [5.74, 6) is -4.67. The van der Waals surface area contributed by atoms with Crippen molar-refractivity contribution in [3.8, 4) is 22.6 Å². The molecule has 0 saturated carbocycles. The number of carbonyl (C=O) groups is 1. The summed E-state index contributed by atoms with van der Waals surface area (Å²) in [4.78, 5) is 13.8. The van der Waals surface area contributed by atoms with E-state index in [0.717, 1.165) is 30.3 Å². The molecule has 3 aromatic carbocycles. The molecular weight excluding hydrogens is 537 g/mol. The number of nitrogens with one attached hydrogen (secondary N) is 1. The third kappa shape index (κ3) is 5.45. The second-order valence-corrected chi connectivity index (χ2v) is 10.1. The highest BCUT2D eigenvalue weighted by Crippen LogP contribution is 2.38. The summed E-state index contributed by atoms with van der Waals surface area (Å²) in [5.41, 5.74) is -1.35. The molecule has 0 saturated heterocycles. The van der Waals surface area contributed by atoms with E-state index in [4.69, 9.17) is 21.1 Å². The summed E-state index contributed by atoms with van der Waals surface area (Å²) in [7, 11) is -3.33. The molecule has 0 radical (unpaired) electrons. The summed E-state index contributed by atoms with van der Waals surface area (Å²) in [6, 6.07) is 6.50. The predicted octanol–water partition coefficient (Wildman–Crippen LogP) is 4.41. The number of hydrogen-bond acceptors (Lipinski definition) is 6. The van der Waals surface area contributed by atoms with Gasteiger partial charge in [0.2, 0.25) is 0 Å². The van der Waals surface area contributed by atoms with Crippen molar-refractivity contribution in [1.29, 1.82) is 0 Å². The number of phenols is 1. The van der Waals surface area contributed by atoms with E-state index in [2.05, 4.69) is 0 Å². The van der Waals surface area contributed by atoms with Crippen molar-refractivity contribution in [2.24, 2.45) is 0 Å². The molecule has 0 aromatic heterocycles. The maximum Gasteiger partial charge on any atom is 0.265 e. The van der Waals surface area contributed by atoms with Gasteiger partial charge in [0.15, 0.2) is 5.75 Å². The number of hydrogen-bond donors (Lipinski definition) is 2. The lowest BCUT2D eigenvalue weighted by Crippen LogP contribution is -2.37. The van der Waals surface area contributed by atoms with Gasteiger partial charge in [-0.1, -0.05) is 11.6 Å². The van der Waals surface area contributed by atoms with Crippen molar-refractivity contribution < 1.29 is 41.0 Å². The Morgan fingerprint density at radius 3 is 2.59 bits per heavy atom. The molecule has 0 unspecified atom stereocenters. The molecular formula is C24H20ClF3N2O6S. The summed E-state index contributed by atoms with van der Waals surface area (Å²) < 4.78 is 82.6. The smallest absolute Gasteiger partial charge is 0.265 e. The van der Waals surface area contributed by atoms with Crippen molar-refractivity contribution in [1.82, 2.24) is 4.90 Å². The lowest BCUT2D eigenvalue weighted by Gasteiger charge is -2.23. The number of halogens is 4. The van der Waals surface area contributed by atoms with E-state index in [9.17, 15) is 31.5 Å². The van der Waals surface area contributed by atoms with E-state index >= 15 is 0 Å². The van der Waals surface area contributed by atoms with Gasteiger partial charge in [0.25, 0.3) is 15.9 Å². The third-order valence-corrected chi connectivity index (χ3v) is 7.24. The van der Waals surface area contributed by atoms with E-state index in [1.165, 1.54) is 18.1 Å². The molecule has 0 fully saturated rings. The van der Waals surface area contributed by atoms with E-state index in [-0.39, 0.29) is 48.7 Å². The highest BCUT2D eigenvalue weighted by molar-refractivity contribution is 7.92. The van der Waals surface area contributed by atoms with E-state index < -0.39 is 54.7 Å². The van der Waals surface area contributed by atoms with Crippen LogP contribution in [-0.2, 0) is 14.8 Å². The largest absolute Gasteiger partial charge is 0.505 e. The summed E-state index contributed by atoms with van der Waals surface area (Å²) in [6.45, 7) is 0.0464. The molecule has 196 valence electrons. The minimum atomic E-state index is -4.76. The van der Waals surface area contributed by atoms with Gasteiger partial charge in [-0.3, -0.25) is 9.52 Å². The number of ether oxygens (including phenoxy) is 2. The number of amides is 1. The number of fused-ring (bicyclic) bond motifs is 6. The standard InChI is InChI=1S/C24H20ClF3N2O6S/c1-35-6-4-30-5-7-36-21-3-2-14(26)10-16(21)15-11-20(19(28)12-18(15)27)29-37(33,34)22-9-13(24(30)32)8-17(25)23(22)31/h2-3,8-12,29,31H,4-7H2,1H3. The molecule has 1 heterocycles. The number of anilines is 1. The van der Waals surface area contributed by atoms with E-state index in [1.807, 2.05) is 4.72 Å². The molecule has 2 N–H and O–H groups in total. The first-order valence-corrected chi connectivity index (χ1v) is 12.6. The fraction of sp³-hybridized carbons (Fsp3) is 0.208. The van der Waals surface area contributed by atoms with Crippen LogP contribution in [-0.4, -0.2) is 57.7 Å². The second kappa shape index (κ2) is 10.5. The van der Waals surface area contributed by atoms with Gasteiger partial charge in [-0.25, -0.2) is 21.6 Å². The fourth-order valence-corrected chi connectivity index (χ4v) is 5.22. The Balaban J connectivity index is 1.94. The molecule has 8 nitrogen and oxygen atoms in total. The number of benzene rings is 3. The van der Waals surface area contributed by atoms with Gasteiger partial charge < -0.3 is 19.5 Å². The van der Waals surface area contributed by atoms with Crippen LogP contribution >= 0.6 is 11.6 Å². The Hall–Kier alpha value is -3.48. The number of rotatable bonds is 3. The van der Waals surface area contributed by atoms with Crippen LogP contribution in [0.2, 0.25) is 5.02 Å². The third-order valence-electron chi connectivity index (χ3n) is 5.57. The molecule has 0 atom stereocenters. The Kier molecular flexibility index (Phi) is 7.53. The van der Waals surface area contributed by atoms with Crippen molar-refractivity contribution in [3.05, 3.63) is 70.5 Å². The van der Waals surface area contributed by atoms with Crippen molar-refractivity contribution in [2.45, 2.75) is 4.90 Å². The first-order valence-electron chi connectivity index (χ1n) is 10.8. The zero-order valence-corrected chi connectivity index (χ0v) is 20.8. The zero-order chi connectivity index (χ0) is 26.9. The average molecular weight is 557 g/mol. The SMILES string of the molecule is COCCN1CCOc2ccc(F)cc2-c2cc(c(F)cc2F)NS(=O)(=O)c2cc(cc(Cl)c2O)C1=O. The van der Waals surface area contributed by atoms with Crippen molar-refractivity contribution in [2.75, 3.05) is 38.1 Å². The Labute approximate surface area is 215 Å². The summed E-state index contributed by atoms with van der Waals surface area (Å²) in [6.07, 6.45) is 0. The van der Waals surface area contributed by atoms with Crippen LogP contribution in [0, 0.1) is 17.5 Å². The molecule has 37 heavy (non-hydrogen) atoms. The topological polar surface area (TPSA) is 105 Å². The molecule has 4 rings (SSSR count). The van der Waals surface area contributed by atoms with E-state index in [0.29, 0.717) is 6.07 Å². The quantitative estimate of drug-likeness (QED) is 0.495. The lowest BCUT2D eigenvalue weighted by atomic mass is 10.0. The normalized spacial score (nSPS) is 15.2. The summed E-state index contributed by atoms with van der Waals surface area (Å²) >= 11 is 6.03. The highest BCUT2D eigenvalue weighted by atomic mass is 35.5. The van der Waals surface area contributed by atoms with Gasteiger partial charge in [0.05, 0.1) is 23.9 Å². The first-order chi connectivity index (χ1) is 17.5. The monoisotopic (exact) mass is 556 g/mol. The fourth-order valence-electron chi connectivity index (χ4n) is 3.74. The Morgan fingerprint density at radius 2 is 1.86 bits per heavy atom. The van der Waals surface area contributed by atoms with Crippen LogP contribution in [0.4, 0.5) is 18.9 Å². The number of methoxy groups -OCH3 is 1. The van der Waals surface area contributed by atoms with Gasteiger partial charge >= 0.3 is 0 Å². The van der Waals surface area contributed by atoms with Gasteiger partial charge in [-0.2, -0.15) is 0 Å². The zero-order valence-electron chi connectivity index (χ0n) is 19.2. The van der Waals surface area contributed by atoms with Crippen molar-refractivity contribution >= 4 is 33.2 Å². The van der Waals surface area contributed by atoms with Gasteiger partial charge in [0, 0.05) is 36.4 Å². The molecule has 1 aliphatic heterocycles. The maximum atomic E-state index is 14.8. The molecule has 13 heteroatoms. The van der Waals surface area contributed by atoms with Crippen LogP contribution in [0.25, 0.3) is 11.1 Å². The molecule has 0 aliphatic carbocycles. The Bertz CT molecular complexity index is 1490. The first kappa shape index (κ1) is 26.6.